The highest BCUT2D eigenvalue weighted by molar-refractivity contribution is 5.95. The van der Waals surface area contributed by atoms with Crippen LogP contribution in [-0.2, 0) is 0 Å². The van der Waals surface area contributed by atoms with Crippen LogP contribution >= 0.6 is 0 Å². The predicted octanol–water partition coefficient (Wildman–Crippen LogP) is 4.87. The number of amides is 1. The highest BCUT2D eigenvalue weighted by Gasteiger charge is 2.13. The first-order chi connectivity index (χ1) is 17.0. The van der Waals surface area contributed by atoms with Crippen molar-refractivity contribution in [1.29, 1.82) is 0 Å². The quantitative estimate of drug-likeness (QED) is 0.140. The van der Waals surface area contributed by atoms with Gasteiger partial charge in [-0.05, 0) is 78.7 Å². The number of unbranched alkanes of at least 4 members (excludes halogenated alkanes) is 1. The molecule has 1 amide bonds. The maximum absolute atomic E-state index is 12.4. The van der Waals surface area contributed by atoms with Crippen molar-refractivity contribution in [2.75, 3.05) is 20.8 Å². The summed E-state index contributed by atoms with van der Waals surface area (Å²) in [7, 11) is 3.02. The number of ether oxygens (including phenoxy) is 4. The first kappa shape index (κ1) is 25.3. The predicted molar refractivity (Wildman–Crippen MR) is 133 cm³/mol. The fourth-order valence-electron chi connectivity index (χ4n) is 3.00. The zero-order chi connectivity index (χ0) is 25.0. The van der Waals surface area contributed by atoms with Crippen LogP contribution < -0.4 is 24.4 Å². The van der Waals surface area contributed by atoms with Gasteiger partial charge >= 0.3 is 5.97 Å². The van der Waals surface area contributed by atoms with E-state index in [1.165, 1.54) is 13.3 Å². The summed E-state index contributed by atoms with van der Waals surface area (Å²) < 4.78 is 21.5. The average Bonchev–Trinajstić information content (AvgIpc) is 2.90. The van der Waals surface area contributed by atoms with Crippen molar-refractivity contribution in [3.63, 3.8) is 0 Å². The summed E-state index contributed by atoms with van der Waals surface area (Å²) in [6.07, 6.45) is 3.51. The maximum atomic E-state index is 12.4. The first-order valence-electron chi connectivity index (χ1n) is 11.1. The molecule has 35 heavy (non-hydrogen) atoms. The van der Waals surface area contributed by atoms with Crippen LogP contribution in [0.1, 0.15) is 46.0 Å². The Morgan fingerprint density at radius 3 is 2.20 bits per heavy atom. The van der Waals surface area contributed by atoms with E-state index >= 15 is 0 Å². The summed E-state index contributed by atoms with van der Waals surface area (Å²) in [4.78, 5) is 24.8. The molecule has 1 N–H and O–H groups in total. The SMILES string of the molecule is CCCCOc1ccc(C(=O)N/N=C/c2ccc(OC(=O)c3ccc(OC)cc3)c(OC)c2)cc1. The van der Waals surface area contributed by atoms with Gasteiger partial charge in [0.25, 0.3) is 5.91 Å². The zero-order valence-electron chi connectivity index (χ0n) is 19.9. The molecule has 0 aliphatic carbocycles. The Kier molecular flexibility index (Phi) is 9.24. The average molecular weight is 477 g/mol. The summed E-state index contributed by atoms with van der Waals surface area (Å²) in [6.45, 7) is 2.75. The summed E-state index contributed by atoms with van der Waals surface area (Å²) in [5.74, 6) is 1.10. The second kappa shape index (κ2) is 12.8. The van der Waals surface area contributed by atoms with Crippen molar-refractivity contribution in [1.82, 2.24) is 5.43 Å². The van der Waals surface area contributed by atoms with E-state index in [1.54, 1.807) is 73.8 Å². The molecular weight excluding hydrogens is 448 g/mol. The molecule has 0 saturated heterocycles. The van der Waals surface area contributed by atoms with Crippen LogP contribution in [-0.4, -0.2) is 38.9 Å². The molecule has 0 aliphatic rings. The molecule has 0 atom stereocenters. The van der Waals surface area contributed by atoms with Crippen molar-refractivity contribution in [2.24, 2.45) is 5.10 Å². The third kappa shape index (κ3) is 7.33. The van der Waals surface area contributed by atoms with E-state index in [-0.39, 0.29) is 11.7 Å². The minimum Gasteiger partial charge on any atom is -0.497 e. The van der Waals surface area contributed by atoms with Gasteiger partial charge in [0.2, 0.25) is 0 Å². The fraction of sp³-hybridized carbons (Fsp3) is 0.222. The number of carbonyl (C=O) groups excluding carboxylic acids is 2. The molecule has 3 rings (SSSR count). The monoisotopic (exact) mass is 476 g/mol. The van der Waals surface area contributed by atoms with Gasteiger partial charge in [-0.3, -0.25) is 4.79 Å². The molecule has 0 heterocycles. The number of nitrogens with zero attached hydrogens (tertiary/aromatic N) is 1. The number of benzene rings is 3. The number of rotatable bonds is 11. The van der Waals surface area contributed by atoms with Gasteiger partial charge in [0.05, 0.1) is 32.6 Å². The van der Waals surface area contributed by atoms with Crippen LogP contribution in [0.2, 0.25) is 0 Å². The molecule has 182 valence electrons. The van der Waals surface area contributed by atoms with E-state index in [1.807, 2.05) is 0 Å². The maximum Gasteiger partial charge on any atom is 0.343 e. The van der Waals surface area contributed by atoms with E-state index in [9.17, 15) is 9.59 Å². The van der Waals surface area contributed by atoms with Crippen LogP contribution in [0.25, 0.3) is 0 Å². The highest BCUT2D eigenvalue weighted by atomic mass is 16.6. The van der Waals surface area contributed by atoms with Crippen LogP contribution in [0.3, 0.4) is 0 Å². The van der Waals surface area contributed by atoms with Gasteiger partial charge in [0.1, 0.15) is 11.5 Å². The Bertz CT molecular complexity index is 1160. The smallest absolute Gasteiger partial charge is 0.343 e. The van der Waals surface area contributed by atoms with Crippen molar-refractivity contribution in [2.45, 2.75) is 19.8 Å². The molecule has 8 heteroatoms. The molecule has 0 aromatic heterocycles. The van der Waals surface area contributed by atoms with Crippen LogP contribution in [0.5, 0.6) is 23.0 Å². The van der Waals surface area contributed by atoms with Crippen molar-refractivity contribution >= 4 is 18.1 Å². The van der Waals surface area contributed by atoms with Crippen LogP contribution in [0, 0.1) is 0 Å². The van der Waals surface area contributed by atoms with Gasteiger partial charge < -0.3 is 18.9 Å². The van der Waals surface area contributed by atoms with Gasteiger partial charge in [0, 0.05) is 5.56 Å². The number of hydrogen-bond donors (Lipinski definition) is 1. The lowest BCUT2D eigenvalue weighted by Gasteiger charge is -2.10. The van der Waals surface area contributed by atoms with Gasteiger partial charge in [-0.15, -0.1) is 0 Å². The molecule has 0 saturated carbocycles. The molecule has 0 bridgehead atoms. The number of hydrogen-bond acceptors (Lipinski definition) is 7. The lowest BCUT2D eigenvalue weighted by molar-refractivity contribution is 0.0729. The third-order valence-electron chi connectivity index (χ3n) is 4.98. The van der Waals surface area contributed by atoms with E-state index in [4.69, 9.17) is 18.9 Å². The van der Waals surface area contributed by atoms with E-state index < -0.39 is 5.97 Å². The zero-order valence-corrected chi connectivity index (χ0v) is 19.9. The Labute approximate surface area is 204 Å². The lowest BCUT2D eigenvalue weighted by atomic mass is 10.2. The summed E-state index contributed by atoms with van der Waals surface area (Å²) >= 11 is 0. The standard InChI is InChI=1S/C27H28N2O6/c1-4-5-16-34-23-13-7-20(8-14-23)26(30)29-28-18-19-6-15-24(25(17-19)33-3)35-27(31)21-9-11-22(32-2)12-10-21/h6-15,17-18H,4-5,16H2,1-3H3,(H,29,30)/b28-18+. The van der Waals surface area contributed by atoms with Gasteiger partial charge in [-0.1, -0.05) is 13.3 Å². The highest BCUT2D eigenvalue weighted by Crippen LogP contribution is 2.28. The molecule has 0 spiro atoms. The molecule has 0 unspecified atom stereocenters. The molecule has 8 nitrogen and oxygen atoms in total. The second-order valence-corrected chi connectivity index (χ2v) is 7.45. The van der Waals surface area contributed by atoms with Gasteiger partial charge in [0.15, 0.2) is 11.5 Å². The minimum absolute atomic E-state index is 0.260. The summed E-state index contributed by atoms with van der Waals surface area (Å²) in [5.41, 5.74) is 3.97. The van der Waals surface area contributed by atoms with Crippen LogP contribution in [0.4, 0.5) is 0 Å². The number of nitrogens with one attached hydrogen (secondary N) is 1. The number of hydrazone groups is 1. The Balaban J connectivity index is 1.58. The number of methoxy groups -OCH3 is 2. The number of esters is 1. The van der Waals surface area contributed by atoms with E-state index in [2.05, 4.69) is 17.5 Å². The molecule has 0 aliphatic heterocycles. The van der Waals surface area contributed by atoms with Gasteiger partial charge in [-0.25, -0.2) is 10.2 Å². The normalized spacial score (nSPS) is 10.6. The molecule has 0 fully saturated rings. The van der Waals surface area contributed by atoms with Crippen molar-refractivity contribution < 1.29 is 28.5 Å². The minimum atomic E-state index is -0.526. The van der Waals surface area contributed by atoms with Crippen LogP contribution in [0.15, 0.2) is 71.8 Å². The molecule has 3 aromatic rings. The van der Waals surface area contributed by atoms with E-state index in [0.29, 0.717) is 34.8 Å². The summed E-state index contributed by atoms with van der Waals surface area (Å²) in [5, 5.41) is 4.00. The Hall–Kier alpha value is -4.33. The largest absolute Gasteiger partial charge is 0.497 e. The van der Waals surface area contributed by atoms with Crippen molar-refractivity contribution in [3.05, 3.63) is 83.4 Å². The number of carbonyl (C=O) groups is 2. The van der Waals surface area contributed by atoms with E-state index in [0.717, 1.165) is 18.6 Å². The topological polar surface area (TPSA) is 95.5 Å². The third-order valence-corrected chi connectivity index (χ3v) is 4.98. The first-order valence-corrected chi connectivity index (χ1v) is 11.1. The Morgan fingerprint density at radius 1 is 0.857 bits per heavy atom. The summed E-state index contributed by atoms with van der Waals surface area (Å²) in [6, 6.07) is 18.4. The molecular formula is C27H28N2O6. The second-order valence-electron chi connectivity index (χ2n) is 7.45. The van der Waals surface area contributed by atoms with Gasteiger partial charge in [-0.2, -0.15) is 5.10 Å². The molecule has 0 radical (unpaired) electrons. The fourth-order valence-corrected chi connectivity index (χ4v) is 3.00. The Morgan fingerprint density at radius 2 is 1.54 bits per heavy atom. The lowest BCUT2D eigenvalue weighted by Crippen LogP contribution is -2.17. The van der Waals surface area contributed by atoms with Crippen molar-refractivity contribution in [3.8, 4) is 23.0 Å². The molecule has 3 aromatic carbocycles.